The van der Waals surface area contributed by atoms with Crippen molar-refractivity contribution in [2.45, 2.75) is 18.9 Å². The van der Waals surface area contributed by atoms with Gasteiger partial charge in [-0.2, -0.15) is 0 Å². The quantitative estimate of drug-likeness (QED) is 0.756. The summed E-state index contributed by atoms with van der Waals surface area (Å²) in [5, 5.41) is 5.93. The molecule has 8 heteroatoms. The Morgan fingerprint density at radius 2 is 2.00 bits per heavy atom. The van der Waals surface area contributed by atoms with Crippen LogP contribution in [0, 0.1) is 0 Å². The van der Waals surface area contributed by atoms with Crippen LogP contribution in [0.3, 0.4) is 0 Å². The van der Waals surface area contributed by atoms with Gasteiger partial charge in [0, 0.05) is 11.6 Å². The Hall–Kier alpha value is -2.80. The number of carbonyl (C=O) groups is 3. The van der Waals surface area contributed by atoms with Crippen LogP contribution in [0.4, 0.5) is 4.79 Å². The zero-order valence-corrected chi connectivity index (χ0v) is 14.9. The van der Waals surface area contributed by atoms with Gasteiger partial charge >= 0.3 is 6.03 Å². The number of nitrogens with one attached hydrogen (secondary N) is 2. The van der Waals surface area contributed by atoms with Gasteiger partial charge in [0.05, 0.1) is 6.26 Å². The summed E-state index contributed by atoms with van der Waals surface area (Å²) in [6.07, 6.45) is 2.04. The highest BCUT2D eigenvalue weighted by Crippen LogP contribution is 2.28. The number of halogens is 1. The number of hydrogen-bond acceptors (Lipinski definition) is 4. The van der Waals surface area contributed by atoms with E-state index in [0.29, 0.717) is 23.7 Å². The fraction of sp³-hybridized carbons (Fsp3) is 0.278. The maximum atomic E-state index is 12.6. The summed E-state index contributed by atoms with van der Waals surface area (Å²) in [6, 6.07) is 9.92. The summed E-state index contributed by atoms with van der Waals surface area (Å²) in [4.78, 5) is 37.7. The molecule has 2 N–H and O–H groups in total. The van der Waals surface area contributed by atoms with Crippen molar-refractivity contribution in [2.75, 3.05) is 13.1 Å². The maximum Gasteiger partial charge on any atom is 0.325 e. The summed E-state index contributed by atoms with van der Waals surface area (Å²) in [7, 11) is 0. The van der Waals surface area contributed by atoms with E-state index in [0.717, 1.165) is 10.5 Å². The van der Waals surface area contributed by atoms with E-state index in [1.807, 2.05) is 12.1 Å². The van der Waals surface area contributed by atoms with E-state index in [9.17, 15) is 14.4 Å². The number of amides is 4. The van der Waals surface area contributed by atoms with Crippen molar-refractivity contribution in [3.63, 3.8) is 0 Å². The first-order chi connectivity index (χ1) is 12.4. The Kier molecular flexibility index (Phi) is 4.99. The van der Waals surface area contributed by atoms with Crippen molar-refractivity contribution in [3.8, 4) is 0 Å². The van der Waals surface area contributed by atoms with E-state index < -0.39 is 23.4 Å². The summed E-state index contributed by atoms with van der Waals surface area (Å²) in [6.45, 7) is 1.59. The van der Waals surface area contributed by atoms with Gasteiger partial charge in [-0.15, -0.1) is 0 Å². The monoisotopic (exact) mass is 375 g/mol. The average molecular weight is 376 g/mol. The Labute approximate surface area is 155 Å². The van der Waals surface area contributed by atoms with Crippen molar-refractivity contribution in [2.24, 2.45) is 0 Å². The number of furan rings is 1. The molecule has 1 aromatic heterocycles. The second-order valence-corrected chi connectivity index (χ2v) is 6.59. The smallest absolute Gasteiger partial charge is 0.325 e. The number of nitrogens with zero attached hydrogens (tertiary/aromatic N) is 1. The Bertz CT molecular complexity index is 819. The van der Waals surface area contributed by atoms with Gasteiger partial charge in [0.1, 0.15) is 12.3 Å². The second kappa shape index (κ2) is 7.21. The Balaban J connectivity index is 1.55. The standard InChI is InChI=1S/C18H18ClN3O4/c1-18(14-3-2-10-26-14)16(24)22(17(25)21-18)11-15(23)20-9-8-12-4-6-13(19)7-5-12/h2-7,10H,8-9,11H2,1H3,(H,20,23)(H,21,25)/t18-/m1/s1. The number of urea groups is 1. The first-order valence-corrected chi connectivity index (χ1v) is 8.47. The van der Waals surface area contributed by atoms with Crippen LogP contribution in [0.15, 0.2) is 47.1 Å². The second-order valence-electron chi connectivity index (χ2n) is 6.15. The van der Waals surface area contributed by atoms with Gasteiger partial charge in [0.15, 0.2) is 5.54 Å². The van der Waals surface area contributed by atoms with Crippen molar-refractivity contribution >= 4 is 29.4 Å². The van der Waals surface area contributed by atoms with E-state index in [1.54, 1.807) is 31.2 Å². The van der Waals surface area contributed by atoms with Crippen LogP contribution in [-0.2, 0) is 21.5 Å². The minimum Gasteiger partial charge on any atom is -0.466 e. The Morgan fingerprint density at radius 1 is 1.27 bits per heavy atom. The molecule has 1 fully saturated rings. The molecule has 0 radical (unpaired) electrons. The molecule has 0 aliphatic carbocycles. The third-order valence-corrected chi connectivity index (χ3v) is 4.49. The van der Waals surface area contributed by atoms with Gasteiger partial charge in [-0.3, -0.25) is 14.5 Å². The predicted molar refractivity (Wildman–Crippen MR) is 94.5 cm³/mol. The normalized spacial score (nSPS) is 19.5. The molecule has 0 spiro atoms. The van der Waals surface area contributed by atoms with Crippen LogP contribution in [0.5, 0.6) is 0 Å². The minimum atomic E-state index is -1.30. The third kappa shape index (κ3) is 3.57. The molecule has 7 nitrogen and oxygen atoms in total. The number of benzene rings is 1. The zero-order chi connectivity index (χ0) is 18.7. The highest BCUT2D eigenvalue weighted by molar-refractivity contribution is 6.30. The molecule has 1 aliphatic heterocycles. The molecule has 1 aromatic carbocycles. The fourth-order valence-electron chi connectivity index (χ4n) is 2.77. The largest absolute Gasteiger partial charge is 0.466 e. The molecule has 26 heavy (non-hydrogen) atoms. The number of hydrogen-bond donors (Lipinski definition) is 2. The van der Waals surface area contributed by atoms with E-state index in [2.05, 4.69) is 10.6 Å². The van der Waals surface area contributed by atoms with Gasteiger partial charge in [-0.05, 0) is 43.2 Å². The molecule has 0 unspecified atom stereocenters. The van der Waals surface area contributed by atoms with Gasteiger partial charge in [-0.25, -0.2) is 4.79 Å². The first-order valence-electron chi connectivity index (χ1n) is 8.09. The Morgan fingerprint density at radius 3 is 2.65 bits per heavy atom. The summed E-state index contributed by atoms with van der Waals surface area (Å²) >= 11 is 5.83. The van der Waals surface area contributed by atoms with Crippen molar-refractivity contribution < 1.29 is 18.8 Å². The van der Waals surface area contributed by atoms with E-state index in [-0.39, 0.29) is 6.54 Å². The predicted octanol–water partition coefficient (Wildman–Crippen LogP) is 2.06. The average Bonchev–Trinajstić information content (AvgIpc) is 3.21. The molecule has 0 bridgehead atoms. The molecule has 1 aliphatic rings. The summed E-state index contributed by atoms with van der Waals surface area (Å²) < 4.78 is 5.24. The molecule has 2 heterocycles. The van der Waals surface area contributed by atoms with Crippen molar-refractivity contribution in [1.82, 2.24) is 15.5 Å². The van der Waals surface area contributed by atoms with Gasteiger partial charge in [-0.1, -0.05) is 23.7 Å². The van der Waals surface area contributed by atoms with Gasteiger partial charge < -0.3 is 15.1 Å². The molecular formula is C18H18ClN3O4. The van der Waals surface area contributed by atoms with Crippen LogP contribution >= 0.6 is 11.6 Å². The van der Waals surface area contributed by atoms with Crippen LogP contribution in [0.2, 0.25) is 5.02 Å². The van der Waals surface area contributed by atoms with Gasteiger partial charge in [0.25, 0.3) is 5.91 Å². The molecule has 0 saturated carbocycles. The van der Waals surface area contributed by atoms with E-state index in [1.165, 1.54) is 6.26 Å². The molecule has 136 valence electrons. The van der Waals surface area contributed by atoms with Crippen LogP contribution in [0.25, 0.3) is 0 Å². The van der Waals surface area contributed by atoms with Crippen LogP contribution in [-0.4, -0.2) is 35.8 Å². The molecule has 1 saturated heterocycles. The first kappa shape index (κ1) is 18.0. The summed E-state index contributed by atoms with van der Waals surface area (Å²) in [5.74, 6) is -0.613. The highest BCUT2D eigenvalue weighted by atomic mass is 35.5. The van der Waals surface area contributed by atoms with Crippen molar-refractivity contribution in [3.05, 3.63) is 59.0 Å². The lowest BCUT2D eigenvalue weighted by Gasteiger charge is -2.18. The molecular weight excluding hydrogens is 358 g/mol. The van der Waals surface area contributed by atoms with Crippen molar-refractivity contribution in [1.29, 1.82) is 0 Å². The fourth-order valence-corrected chi connectivity index (χ4v) is 2.89. The highest BCUT2D eigenvalue weighted by Gasteiger charge is 2.51. The maximum absolute atomic E-state index is 12.6. The van der Waals surface area contributed by atoms with Crippen LogP contribution in [0.1, 0.15) is 18.2 Å². The zero-order valence-electron chi connectivity index (χ0n) is 14.1. The molecule has 2 aromatic rings. The lowest BCUT2D eigenvalue weighted by molar-refractivity contribution is -0.135. The summed E-state index contributed by atoms with van der Waals surface area (Å²) in [5.41, 5.74) is -0.278. The third-order valence-electron chi connectivity index (χ3n) is 4.24. The number of imide groups is 1. The minimum absolute atomic E-state index is 0.321. The lowest BCUT2D eigenvalue weighted by Crippen LogP contribution is -2.43. The van der Waals surface area contributed by atoms with Gasteiger partial charge in [0.2, 0.25) is 5.91 Å². The number of carbonyl (C=O) groups excluding carboxylic acids is 3. The lowest BCUT2D eigenvalue weighted by atomic mass is 9.99. The molecule has 1 atom stereocenters. The molecule has 4 amide bonds. The SMILES string of the molecule is C[C@]1(c2ccco2)NC(=O)N(CC(=O)NCCc2ccc(Cl)cc2)C1=O. The van der Waals surface area contributed by atoms with Crippen LogP contribution < -0.4 is 10.6 Å². The van der Waals surface area contributed by atoms with E-state index >= 15 is 0 Å². The topological polar surface area (TPSA) is 91.7 Å². The molecule has 3 rings (SSSR count). The number of rotatable bonds is 6. The van der Waals surface area contributed by atoms with E-state index in [4.69, 9.17) is 16.0 Å².